The molecule has 0 saturated carbocycles. The zero-order chi connectivity index (χ0) is 14.8. The Kier molecular flexibility index (Phi) is 3.90. The number of nitriles is 1. The summed E-state index contributed by atoms with van der Waals surface area (Å²) >= 11 is 0. The molecule has 1 fully saturated rings. The molecule has 2 rings (SSSR count). The minimum atomic E-state index is -2.92. The van der Waals surface area contributed by atoms with Crippen molar-refractivity contribution in [2.24, 2.45) is 5.92 Å². The average molecular weight is 295 g/mol. The van der Waals surface area contributed by atoms with Crippen molar-refractivity contribution in [1.29, 1.82) is 5.26 Å². The van der Waals surface area contributed by atoms with E-state index in [2.05, 4.69) is 5.32 Å². The molecule has 1 aromatic carbocycles. The molecule has 1 aliphatic rings. The molecule has 1 N–H and O–H groups in total. The maximum Gasteiger partial charge on any atom is 0.289 e. The van der Waals surface area contributed by atoms with Gasteiger partial charge in [0.25, 0.3) is 5.69 Å². The SMILES string of the molecule is N#Cc1ccc(NCC2CCS(=O)(=O)C2)cc1[N+](=O)[O-]. The van der Waals surface area contributed by atoms with Gasteiger partial charge in [-0.2, -0.15) is 5.26 Å². The van der Waals surface area contributed by atoms with Crippen LogP contribution in [0.2, 0.25) is 0 Å². The fourth-order valence-electron chi connectivity index (χ4n) is 2.18. The fourth-order valence-corrected chi connectivity index (χ4v) is 4.04. The second kappa shape index (κ2) is 5.46. The van der Waals surface area contributed by atoms with Crippen LogP contribution in [0.25, 0.3) is 0 Å². The first-order valence-corrected chi connectivity index (χ1v) is 7.86. The lowest BCUT2D eigenvalue weighted by Crippen LogP contribution is -2.15. The minimum Gasteiger partial charge on any atom is -0.385 e. The Morgan fingerprint density at radius 1 is 1.50 bits per heavy atom. The monoisotopic (exact) mass is 295 g/mol. The number of nitro groups is 1. The summed E-state index contributed by atoms with van der Waals surface area (Å²) in [6, 6.07) is 6.02. The molecule has 7 nitrogen and oxygen atoms in total. The molecule has 0 bridgehead atoms. The van der Waals surface area contributed by atoms with Gasteiger partial charge >= 0.3 is 0 Å². The van der Waals surface area contributed by atoms with Gasteiger partial charge in [0.1, 0.15) is 11.6 Å². The maximum absolute atomic E-state index is 11.3. The molecule has 0 aromatic heterocycles. The van der Waals surface area contributed by atoms with E-state index in [0.717, 1.165) is 0 Å². The lowest BCUT2D eigenvalue weighted by Gasteiger charge is -2.10. The fraction of sp³-hybridized carbons (Fsp3) is 0.417. The molecule has 0 amide bonds. The number of rotatable bonds is 4. The normalized spacial score (nSPS) is 20.2. The van der Waals surface area contributed by atoms with Gasteiger partial charge in [-0.15, -0.1) is 0 Å². The van der Waals surface area contributed by atoms with E-state index in [-0.39, 0.29) is 28.7 Å². The highest BCUT2D eigenvalue weighted by atomic mass is 32.2. The predicted molar refractivity (Wildman–Crippen MR) is 73.1 cm³/mol. The Hall–Kier alpha value is -2.14. The second-order valence-corrected chi connectivity index (χ2v) is 6.98. The minimum absolute atomic E-state index is 0.00370. The lowest BCUT2D eigenvalue weighted by atomic mass is 10.1. The quantitative estimate of drug-likeness (QED) is 0.662. The number of nitrogens with zero attached hydrogens (tertiary/aromatic N) is 2. The van der Waals surface area contributed by atoms with Crippen LogP contribution in [0, 0.1) is 27.4 Å². The van der Waals surface area contributed by atoms with Crippen molar-refractivity contribution in [1.82, 2.24) is 0 Å². The second-order valence-electron chi connectivity index (χ2n) is 4.75. The van der Waals surface area contributed by atoms with Crippen LogP contribution in [-0.2, 0) is 9.84 Å². The van der Waals surface area contributed by atoms with Crippen molar-refractivity contribution in [2.75, 3.05) is 23.4 Å². The molecule has 1 unspecified atom stereocenters. The highest BCUT2D eigenvalue weighted by Gasteiger charge is 2.27. The highest BCUT2D eigenvalue weighted by Crippen LogP contribution is 2.24. The zero-order valence-electron chi connectivity index (χ0n) is 10.6. The van der Waals surface area contributed by atoms with Crippen LogP contribution in [0.3, 0.4) is 0 Å². The first kappa shape index (κ1) is 14.3. The molecular formula is C12H13N3O4S. The molecule has 1 aliphatic heterocycles. The summed E-state index contributed by atoms with van der Waals surface area (Å²) in [6.07, 6.45) is 0.605. The van der Waals surface area contributed by atoms with Crippen molar-refractivity contribution in [2.45, 2.75) is 6.42 Å². The lowest BCUT2D eigenvalue weighted by molar-refractivity contribution is -0.385. The van der Waals surface area contributed by atoms with E-state index < -0.39 is 14.8 Å². The summed E-state index contributed by atoms with van der Waals surface area (Å²) in [5, 5.41) is 22.6. The number of hydrogen-bond donors (Lipinski definition) is 1. The van der Waals surface area contributed by atoms with Crippen LogP contribution in [-0.4, -0.2) is 31.4 Å². The van der Waals surface area contributed by atoms with E-state index in [0.29, 0.717) is 18.7 Å². The van der Waals surface area contributed by atoms with E-state index >= 15 is 0 Å². The summed E-state index contributed by atoms with van der Waals surface area (Å²) in [6.45, 7) is 0.447. The van der Waals surface area contributed by atoms with Gasteiger partial charge in [0.2, 0.25) is 0 Å². The number of benzene rings is 1. The average Bonchev–Trinajstić information content (AvgIpc) is 2.75. The molecule has 1 heterocycles. The van der Waals surface area contributed by atoms with Gasteiger partial charge in [-0.25, -0.2) is 8.42 Å². The van der Waals surface area contributed by atoms with Crippen LogP contribution >= 0.6 is 0 Å². The van der Waals surface area contributed by atoms with Crippen molar-refractivity contribution in [3.05, 3.63) is 33.9 Å². The van der Waals surface area contributed by atoms with E-state index in [9.17, 15) is 18.5 Å². The van der Waals surface area contributed by atoms with Crippen LogP contribution < -0.4 is 5.32 Å². The third-order valence-electron chi connectivity index (χ3n) is 3.24. The Balaban J connectivity index is 2.06. The van der Waals surface area contributed by atoms with E-state index in [1.165, 1.54) is 12.1 Å². The molecule has 1 atom stereocenters. The molecule has 0 aliphatic carbocycles. The molecule has 20 heavy (non-hydrogen) atoms. The van der Waals surface area contributed by atoms with E-state index in [1.807, 2.05) is 0 Å². The molecule has 1 aromatic rings. The number of nitrogens with one attached hydrogen (secondary N) is 1. The van der Waals surface area contributed by atoms with Gasteiger partial charge in [-0.1, -0.05) is 0 Å². The van der Waals surface area contributed by atoms with Crippen LogP contribution in [0.15, 0.2) is 18.2 Å². The maximum atomic E-state index is 11.3. The van der Waals surface area contributed by atoms with Gasteiger partial charge in [0, 0.05) is 18.3 Å². The summed E-state index contributed by atoms with van der Waals surface area (Å²) in [5.41, 5.74) is 0.264. The molecule has 8 heteroatoms. The summed E-state index contributed by atoms with van der Waals surface area (Å²) < 4.78 is 22.7. The van der Waals surface area contributed by atoms with Crippen molar-refractivity contribution in [3.8, 4) is 6.07 Å². The molecular weight excluding hydrogens is 282 g/mol. The standard InChI is InChI=1S/C12H13N3O4S/c13-6-10-1-2-11(5-12(10)15(16)17)14-7-9-3-4-20(18,19)8-9/h1-2,5,9,14H,3-4,7-8H2. The summed E-state index contributed by atoms with van der Waals surface area (Å²) in [7, 11) is -2.92. The van der Waals surface area contributed by atoms with E-state index in [1.54, 1.807) is 12.1 Å². The third kappa shape index (κ3) is 3.24. The van der Waals surface area contributed by atoms with Gasteiger partial charge < -0.3 is 5.32 Å². The number of sulfone groups is 1. The summed E-state index contributed by atoms with van der Waals surface area (Å²) in [5.74, 6) is 0.375. The number of hydrogen-bond acceptors (Lipinski definition) is 6. The van der Waals surface area contributed by atoms with Crippen molar-refractivity contribution in [3.63, 3.8) is 0 Å². The Bertz CT molecular complexity index is 678. The molecule has 0 spiro atoms. The topological polar surface area (TPSA) is 113 Å². The predicted octanol–water partition coefficient (Wildman–Crippen LogP) is 1.31. The number of anilines is 1. The summed E-state index contributed by atoms with van der Waals surface area (Å²) in [4.78, 5) is 10.2. The Labute approximate surface area is 116 Å². The van der Waals surface area contributed by atoms with Crippen LogP contribution in [0.4, 0.5) is 11.4 Å². The van der Waals surface area contributed by atoms with Gasteiger partial charge in [-0.3, -0.25) is 10.1 Å². The van der Waals surface area contributed by atoms with Crippen molar-refractivity contribution < 1.29 is 13.3 Å². The van der Waals surface area contributed by atoms with Gasteiger partial charge in [0.15, 0.2) is 9.84 Å². The largest absolute Gasteiger partial charge is 0.385 e. The molecule has 0 radical (unpaired) electrons. The number of nitro benzene ring substituents is 1. The van der Waals surface area contributed by atoms with Crippen LogP contribution in [0.5, 0.6) is 0 Å². The van der Waals surface area contributed by atoms with Gasteiger partial charge in [0.05, 0.1) is 16.4 Å². The first-order chi connectivity index (χ1) is 9.41. The smallest absolute Gasteiger partial charge is 0.289 e. The zero-order valence-corrected chi connectivity index (χ0v) is 11.4. The molecule has 106 valence electrons. The van der Waals surface area contributed by atoms with E-state index in [4.69, 9.17) is 5.26 Å². The Morgan fingerprint density at radius 3 is 2.80 bits per heavy atom. The van der Waals surface area contributed by atoms with Gasteiger partial charge in [-0.05, 0) is 24.5 Å². The molecule has 1 saturated heterocycles. The van der Waals surface area contributed by atoms with Crippen LogP contribution in [0.1, 0.15) is 12.0 Å². The third-order valence-corrected chi connectivity index (χ3v) is 5.07. The first-order valence-electron chi connectivity index (χ1n) is 6.04. The highest BCUT2D eigenvalue weighted by molar-refractivity contribution is 7.91. The Morgan fingerprint density at radius 2 is 2.25 bits per heavy atom. The van der Waals surface area contributed by atoms with Crippen molar-refractivity contribution >= 4 is 21.2 Å².